The maximum Gasteiger partial charge on any atom is 0.312 e. The maximum atomic E-state index is 12.3. The molecule has 0 atom stereocenters. The van der Waals surface area contributed by atoms with Gasteiger partial charge in [0.15, 0.2) is 4.90 Å². The molecule has 1 saturated carbocycles. The molecule has 7 nitrogen and oxygen atoms in total. The van der Waals surface area contributed by atoms with Gasteiger partial charge in [0.25, 0.3) is 0 Å². The van der Waals surface area contributed by atoms with Gasteiger partial charge in [-0.25, -0.2) is 13.1 Å². The summed E-state index contributed by atoms with van der Waals surface area (Å²) in [6.45, 7) is 0. The van der Waals surface area contributed by atoms with Crippen molar-refractivity contribution in [1.29, 1.82) is 0 Å². The normalized spacial score (nSPS) is 17.0. The molecule has 1 aliphatic carbocycles. The highest BCUT2D eigenvalue weighted by Gasteiger charge is 2.30. The Kier molecular flexibility index (Phi) is 4.24. The van der Waals surface area contributed by atoms with Crippen LogP contribution in [0.5, 0.6) is 0 Å². The zero-order valence-corrected chi connectivity index (χ0v) is 11.7. The first-order valence-electron chi connectivity index (χ1n) is 6.47. The zero-order valence-electron chi connectivity index (χ0n) is 10.9. The molecule has 0 saturated heterocycles. The predicted octanol–water partition coefficient (Wildman–Crippen LogP) is 1.79. The molecule has 0 amide bonds. The topological polar surface area (TPSA) is 115 Å². The summed E-state index contributed by atoms with van der Waals surface area (Å²) >= 11 is 0. The van der Waals surface area contributed by atoms with E-state index in [1.54, 1.807) is 0 Å². The average Bonchev–Trinajstić information content (AvgIpc) is 2.38. The van der Waals surface area contributed by atoms with Crippen LogP contribution in [0, 0.1) is 10.1 Å². The Morgan fingerprint density at radius 3 is 2.50 bits per heavy atom. The molecule has 0 unspecified atom stereocenters. The second kappa shape index (κ2) is 5.76. The van der Waals surface area contributed by atoms with Crippen molar-refractivity contribution >= 4 is 21.4 Å². The number of nitrogens with one attached hydrogen (secondary N) is 1. The summed E-state index contributed by atoms with van der Waals surface area (Å²) in [7, 11) is -3.93. The lowest BCUT2D eigenvalue weighted by Gasteiger charge is -2.22. The van der Waals surface area contributed by atoms with Crippen LogP contribution in [0.2, 0.25) is 0 Å². The third-order valence-corrected chi connectivity index (χ3v) is 4.98. The molecule has 1 aromatic carbocycles. The van der Waals surface area contributed by atoms with Crippen LogP contribution in [-0.2, 0) is 10.0 Å². The Hall–Kier alpha value is -1.67. The highest BCUT2D eigenvalue weighted by atomic mass is 32.2. The van der Waals surface area contributed by atoms with Gasteiger partial charge in [-0.2, -0.15) is 0 Å². The molecule has 0 heterocycles. The highest BCUT2D eigenvalue weighted by molar-refractivity contribution is 7.89. The first-order valence-corrected chi connectivity index (χ1v) is 7.95. The van der Waals surface area contributed by atoms with Gasteiger partial charge in [-0.05, 0) is 25.0 Å². The molecule has 0 spiro atoms. The quantitative estimate of drug-likeness (QED) is 0.499. The summed E-state index contributed by atoms with van der Waals surface area (Å²) in [4.78, 5) is 9.89. The molecule has 110 valence electrons. The van der Waals surface area contributed by atoms with Crippen molar-refractivity contribution in [2.75, 3.05) is 5.73 Å². The number of hydrogen-bond acceptors (Lipinski definition) is 5. The molecule has 1 aliphatic rings. The molecular weight excluding hydrogens is 282 g/mol. The van der Waals surface area contributed by atoms with Gasteiger partial charge < -0.3 is 5.73 Å². The molecule has 0 bridgehead atoms. The molecule has 3 N–H and O–H groups in total. The number of anilines is 1. The number of nitro benzene ring substituents is 1. The Balaban J connectivity index is 2.34. The van der Waals surface area contributed by atoms with Crippen molar-refractivity contribution in [3.8, 4) is 0 Å². The number of hydrogen-bond donors (Lipinski definition) is 2. The fraction of sp³-hybridized carbons (Fsp3) is 0.500. The number of nitrogens with zero attached hydrogens (tertiary/aromatic N) is 1. The number of nitrogens with two attached hydrogens (primary N) is 1. The summed E-state index contributed by atoms with van der Waals surface area (Å²) in [6, 6.07) is 3.77. The monoisotopic (exact) mass is 299 g/mol. The minimum Gasteiger partial charge on any atom is -0.393 e. The molecule has 1 aromatic rings. The summed E-state index contributed by atoms with van der Waals surface area (Å²) in [5.74, 6) is 0. The Bertz CT molecular complexity index is 609. The number of benzene rings is 1. The van der Waals surface area contributed by atoms with E-state index >= 15 is 0 Å². The minimum absolute atomic E-state index is 0.151. The second-order valence-electron chi connectivity index (χ2n) is 4.91. The van der Waals surface area contributed by atoms with Crippen LogP contribution in [-0.4, -0.2) is 19.4 Å². The predicted molar refractivity (Wildman–Crippen MR) is 74.7 cm³/mol. The van der Waals surface area contributed by atoms with Crippen molar-refractivity contribution in [3.05, 3.63) is 28.3 Å². The lowest BCUT2D eigenvalue weighted by molar-refractivity contribution is -0.386. The van der Waals surface area contributed by atoms with Gasteiger partial charge in [0.05, 0.1) is 4.92 Å². The van der Waals surface area contributed by atoms with Gasteiger partial charge in [0.1, 0.15) is 5.69 Å². The molecule has 0 aromatic heterocycles. The van der Waals surface area contributed by atoms with Crippen LogP contribution in [0.3, 0.4) is 0 Å². The van der Waals surface area contributed by atoms with Gasteiger partial charge in [0.2, 0.25) is 10.0 Å². The number of sulfonamides is 1. The summed E-state index contributed by atoms with van der Waals surface area (Å²) in [5.41, 5.74) is 4.81. The fourth-order valence-electron chi connectivity index (χ4n) is 2.45. The van der Waals surface area contributed by atoms with Gasteiger partial charge in [0, 0.05) is 6.04 Å². The van der Waals surface area contributed by atoms with Crippen molar-refractivity contribution in [2.24, 2.45) is 0 Å². The van der Waals surface area contributed by atoms with Crippen LogP contribution >= 0.6 is 0 Å². The fourth-order valence-corrected chi connectivity index (χ4v) is 3.96. The van der Waals surface area contributed by atoms with Gasteiger partial charge >= 0.3 is 5.69 Å². The zero-order chi connectivity index (χ0) is 14.8. The second-order valence-corrected chi connectivity index (χ2v) is 6.59. The van der Waals surface area contributed by atoms with Crippen molar-refractivity contribution in [2.45, 2.75) is 43.0 Å². The van der Waals surface area contributed by atoms with Gasteiger partial charge in [-0.1, -0.05) is 25.3 Å². The van der Waals surface area contributed by atoms with Crippen molar-refractivity contribution in [3.63, 3.8) is 0 Å². The first kappa shape index (κ1) is 14.7. The number of para-hydroxylation sites is 1. The van der Waals surface area contributed by atoms with E-state index in [0.29, 0.717) is 0 Å². The lowest BCUT2D eigenvalue weighted by atomic mass is 9.96. The van der Waals surface area contributed by atoms with E-state index in [1.807, 2.05) is 0 Å². The maximum absolute atomic E-state index is 12.3. The summed E-state index contributed by atoms with van der Waals surface area (Å²) in [5, 5.41) is 11.0. The molecule has 2 rings (SSSR count). The lowest BCUT2D eigenvalue weighted by Crippen LogP contribution is -2.36. The molecule has 1 fully saturated rings. The average molecular weight is 299 g/mol. The van der Waals surface area contributed by atoms with Crippen LogP contribution < -0.4 is 10.5 Å². The van der Waals surface area contributed by atoms with E-state index in [4.69, 9.17) is 5.73 Å². The molecule has 20 heavy (non-hydrogen) atoms. The van der Waals surface area contributed by atoms with Crippen LogP contribution in [0.15, 0.2) is 23.1 Å². The van der Waals surface area contributed by atoms with Crippen LogP contribution in [0.1, 0.15) is 32.1 Å². The summed E-state index contributed by atoms with van der Waals surface area (Å²) in [6.07, 6.45) is 4.54. The Morgan fingerprint density at radius 1 is 1.25 bits per heavy atom. The van der Waals surface area contributed by atoms with E-state index in [-0.39, 0.29) is 16.6 Å². The van der Waals surface area contributed by atoms with Gasteiger partial charge in [-0.15, -0.1) is 0 Å². The van der Waals surface area contributed by atoms with Crippen molar-refractivity contribution < 1.29 is 13.3 Å². The van der Waals surface area contributed by atoms with E-state index in [1.165, 1.54) is 18.2 Å². The van der Waals surface area contributed by atoms with E-state index in [0.717, 1.165) is 32.1 Å². The molecular formula is C12H17N3O4S. The largest absolute Gasteiger partial charge is 0.393 e. The number of nitro groups is 1. The smallest absolute Gasteiger partial charge is 0.312 e. The third kappa shape index (κ3) is 3.07. The highest BCUT2D eigenvalue weighted by Crippen LogP contribution is 2.30. The van der Waals surface area contributed by atoms with E-state index in [9.17, 15) is 18.5 Å². The Labute approximate surface area is 117 Å². The van der Waals surface area contributed by atoms with Gasteiger partial charge in [-0.3, -0.25) is 10.1 Å². The van der Waals surface area contributed by atoms with Crippen molar-refractivity contribution in [1.82, 2.24) is 4.72 Å². The number of rotatable bonds is 4. The van der Waals surface area contributed by atoms with E-state index in [2.05, 4.69) is 4.72 Å². The van der Waals surface area contributed by atoms with Crippen LogP contribution in [0.4, 0.5) is 11.4 Å². The summed E-state index contributed by atoms with van der Waals surface area (Å²) < 4.78 is 27.2. The molecule has 0 radical (unpaired) electrons. The standard InChI is InChI=1S/C12H17N3O4S/c13-10-7-4-8-11(12(10)15(16)17)20(18,19)14-9-5-2-1-3-6-9/h4,7-9,14H,1-3,5-6,13H2. The van der Waals surface area contributed by atoms with E-state index < -0.39 is 20.6 Å². The Morgan fingerprint density at radius 2 is 1.90 bits per heavy atom. The van der Waals surface area contributed by atoms with Crippen LogP contribution in [0.25, 0.3) is 0 Å². The SMILES string of the molecule is Nc1cccc(S(=O)(=O)NC2CCCCC2)c1[N+](=O)[O-]. The first-order chi connectivity index (χ1) is 9.42. The molecule has 0 aliphatic heterocycles. The number of nitrogen functional groups attached to an aromatic ring is 1. The minimum atomic E-state index is -3.93. The molecule has 8 heteroatoms. The third-order valence-electron chi connectivity index (χ3n) is 3.43.